The summed E-state index contributed by atoms with van der Waals surface area (Å²) in [7, 11) is 0. The maximum Gasteiger partial charge on any atom is 0.0831 e. The number of nitrogens with one attached hydrogen (secondary N) is 2. The van der Waals surface area contributed by atoms with Crippen molar-refractivity contribution < 1.29 is 0 Å². The number of hydrogen-bond acceptors (Lipinski definition) is 4. The van der Waals surface area contributed by atoms with Gasteiger partial charge in [0, 0.05) is 0 Å². The van der Waals surface area contributed by atoms with Crippen LogP contribution in [0.5, 0.6) is 0 Å². The third kappa shape index (κ3) is 2.32. The van der Waals surface area contributed by atoms with E-state index in [1.54, 1.807) is 6.34 Å². The van der Waals surface area contributed by atoms with E-state index in [9.17, 15) is 0 Å². The summed E-state index contributed by atoms with van der Waals surface area (Å²) >= 11 is 0. The van der Waals surface area contributed by atoms with E-state index in [4.69, 9.17) is 0 Å². The Morgan fingerprint density at radius 1 is 1.29 bits per heavy atom. The van der Waals surface area contributed by atoms with E-state index < -0.39 is 0 Å². The zero-order valence-electron chi connectivity index (χ0n) is 7.77. The van der Waals surface area contributed by atoms with E-state index in [2.05, 4.69) is 20.8 Å². The summed E-state index contributed by atoms with van der Waals surface area (Å²) in [5.41, 5.74) is 4.99. The first-order valence-electron chi connectivity index (χ1n) is 4.53. The average Bonchev–Trinajstić information content (AvgIpc) is 2.29. The zero-order valence-corrected chi connectivity index (χ0v) is 7.77. The molecule has 0 saturated carbocycles. The van der Waals surface area contributed by atoms with Gasteiger partial charge in [0.1, 0.15) is 0 Å². The van der Waals surface area contributed by atoms with E-state index >= 15 is 0 Å². The molecule has 1 aromatic rings. The summed E-state index contributed by atoms with van der Waals surface area (Å²) in [4.78, 5) is 4.06. The summed E-state index contributed by atoms with van der Waals surface area (Å²) in [6.07, 6.45) is 1.71. The number of benzene rings is 1. The second kappa shape index (κ2) is 4.41. The van der Waals surface area contributed by atoms with Crippen LogP contribution in [0.4, 0.5) is 5.69 Å². The molecule has 0 amide bonds. The lowest BCUT2D eigenvalue weighted by atomic mass is 10.3. The SMILES string of the molecule is C1=NC/C(=N\Nc2ccccc2)CN1. The van der Waals surface area contributed by atoms with Gasteiger partial charge in [-0.15, -0.1) is 0 Å². The fourth-order valence-corrected chi connectivity index (χ4v) is 1.17. The predicted octanol–water partition coefficient (Wildman–Crippen LogP) is 1.09. The van der Waals surface area contributed by atoms with Gasteiger partial charge >= 0.3 is 0 Å². The van der Waals surface area contributed by atoms with Crippen molar-refractivity contribution in [2.75, 3.05) is 18.5 Å². The van der Waals surface area contributed by atoms with Gasteiger partial charge in [-0.1, -0.05) is 18.2 Å². The smallest absolute Gasteiger partial charge is 0.0831 e. The molecule has 0 unspecified atom stereocenters. The second-order valence-corrected chi connectivity index (χ2v) is 3.01. The standard InChI is InChI=1S/C10H12N4/c1-2-4-9(5-3-1)13-14-10-6-11-8-12-7-10/h1-5,8,13H,6-7H2,(H,11,12). The molecule has 1 heterocycles. The molecule has 2 rings (SSSR count). The molecule has 0 bridgehead atoms. The van der Waals surface area contributed by atoms with Gasteiger partial charge in [-0.2, -0.15) is 5.10 Å². The van der Waals surface area contributed by atoms with Crippen molar-refractivity contribution in [3.63, 3.8) is 0 Å². The van der Waals surface area contributed by atoms with Crippen LogP contribution in [0, 0.1) is 0 Å². The summed E-state index contributed by atoms with van der Waals surface area (Å²) < 4.78 is 0. The maximum absolute atomic E-state index is 4.24. The van der Waals surface area contributed by atoms with Crippen LogP contribution in [0.3, 0.4) is 0 Å². The number of anilines is 1. The van der Waals surface area contributed by atoms with E-state index in [0.717, 1.165) is 17.9 Å². The fraction of sp³-hybridized carbons (Fsp3) is 0.200. The minimum Gasteiger partial charge on any atom is -0.371 e. The van der Waals surface area contributed by atoms with Crippen LogP contribution >= 0.6 is 0 Å². The Kier molecular flexibility index (Phi) is 2.76. The summed E-state index contributed by atoms with van der Waals surface area (Å²) in [6.45, 7) is 1.44. The molecule has 1 aromatic carbocycles. The monoisotopic (exact) mass is 188 g/mol. The number of nitrogens with zero attached hydrogens (tertiary/aromatic N) is 2. The van der Waals surface area contributed by atoms with Crippen molar-refractivity contribution in [1.29, 1.82) is 0 Å². The summed E-state index contributed by atoms with van der Waals surface area (Å²) in [6, 6.07) is 9.87. The van der Waals surface area contributed by atoms with E-state index in [1.165, 1.54) is 0 Å². The first-order valence-corrected chi connectivity index (χ1v) is 4.53. The van der Waals surface area contributed by atoms with Crippen molar-refractivity contribution in [3.8, 4) is 0 Å². The van der Waals surface area contributed by atoms with Crippen LogP contribution in [0.25, 0.3) is 0 Å². The van der Waals surface area contributed by atoms with Gasteiger partial charge in [-0.25, -0.2) is 0 Å². The molecule has 4 nitrogen and oxygen atoms in total. The lowest BCUT2D eigenvalue weighted by Gasteiger charge is -2.09. The number of para-hydroxylation sites is 1. The molecule has 0 saturated heterocycles. The number of hydrazone groups is 1. The van der Waals surface area contributed by atoms with Gasteiger partial charge < -0.3 is 5.32 Å². The zero-order chi connectivity index (χ0) is 9.64. The number of aliphatic imine (C=N–C) groups is 1. The summed E-state index contributed by atoms with van der Waals surface area (Å²) in [5, 5.41) is 7.25. The molecule has 0 radical (unpaired) electrons. The Balaban J connectivity index is 1.96. The Labute approximate surface area is 82.7 Å². The van der Waals surface area contributed by atoms with Crippen molar-refractivity contribution in [2.45, 2.75) is 0 Å². The molecule has 0 atom stereocenters. The lowest BCUT2D eigenvalue weighted by molar-refractivity contribution is 1.01. The van der Waals surface area contributed by atoms with Crippen molar-refractivity contribution in [3.05, 3.63) is 30.3 Å². The highest BCUT2D eigenvalue weighted by atomic mass is 15.3. The van der Waals surface area contributed by atoms with Crippen molar-refractivity contribution in [1.82, 2.24) is 5.32 Å². The van der Waals surface area contributed by atoms with Crippen LogP contribution in [0.15, 0.2) is 40.4 Å². The normalized spacial score (nSPS) is 17.9. The third-order valence-electron chi connectivity index (χ3n) is 1.88. The van der Waals surface area contributed by atoms with E-state index in [1.807, 2.05) is 30.3 Å². The maximum atomic E-state index is 4.24. The van der Waals surface area contributed by atoms with Crippen LogP contribution in [0.2, 0.25) is 0 Å². The highest BCUT2D eigenvalue weighted by molar-refractivity contribution is 5.92. The van der Waals surface area contributed by atoms with Crippen LogP contribution in [0.1, 0.15) is 0 Å². The Hall–Kier alpha value is -1.84. The van der Waals surface area contributed by atoms with Gasteiger partial charge in [-0.3, -0.25) is 10.4 Å². The van der Waals surface area contributed by atoms with Gasteiger partial charge in [0.15, 0.2) is 0 Å². The topological polar surface area (TPSA) is 48.8 Å². The van der Waals surface area contributed by atoms with Crippen LogP contribution in [-0.4, -0.2) is 25.1 Å². The molecular formula is C10H12N4. The average molecular weight is 188 g/mol. The minimum atomic E-state index is 0.673. The van der Waals surface area contributed by atoms with Gasteiger partial charge in [0.2, 0.25) is 0 Å². The quantitative estimate of drug-likeness (QED) is 0.682. The Morgan fingerprint density at radius 2 is 2.14 bits per heavy atom. The molecule has 0 aromatic heterocycles. The van der Waals surface area contributed by atoms with Crippen LogP contribution < -0.4 is 10.7 Å². The third-order valence-corrected chi connectivity index (χ3v) is 1.88. The molecule has 14 heavy (non-hydrogen) atoms. The van der Waals surface area contributed by atoms with Crippen molar-refractivity contribution in [2.24, 2.45) is 10.1 Å². The largest absolute Gasteiger partial charge is 0.371 e. The molecule has 1 aliphatic rings. The Bertz CT molecular complexity index is 342. The highest BCUT2D eigenvalue weighted by Gasteiger charge is 2.00. The van der Waals surface area contributed by atoms with E-state index in [0.29, 0.717) is 6.54 Å². The van der Waals surface area contributed by atoms with Crippen molar-refractivity contribution >= 4 is 17.7 Å². The molecule has 0 spiro atoms. The number of hydrogen-bond donors (Lipinski definition) is 2. The van der Waals surface area contributed by atoms with Crippen LogP contribution in [-0.2, 0) is 0 Å². The molecule has 0 aliphatic carbocycles. The highest BCUT2D eigenvalue weighted by Crippen LogP contribution is 2.04. The Morgan fingerprint density at radius 3 is 2.86 bits per heavy atom. The van der Waals surface area contributed by atoms with Gasteiger partial charge in [-0.05, 0) is 12.1 Å². The molecular weight excluding hydrogens is 176 g/mol. The van der Waals surface area contributed by atoms with Gasteiger partial charge in [0.05, 0.1) is 30.8 Å². The fourth-order valence-electron chi connectivity index (χ4n) is 1.17. The second-order valence-electron chi connectivity index (χ2n) is 3.01. The summed E-state index contributed by atoms with van der Waals surface area (Å²) in [5.74, 6) is 0. The molecule has 2 N–H and O–H groups in total. The lowest BCUT2D eigenvalue weighted by Crippen LogP contribution is -2.29. The molecule has 72 valence electrons. The number of rotatable bonds is 2. The minimum absolute atomic E-state index is 0.673. The molecule has 0 fully saturated rings. The first-order chi connectivity index (χ1) is 6.95. The molecule has 1 aliphatic heterocycles. The van der Waals surface area contributed by atoms with Gasteiger partial charge in [0.25, 0.3) is 0 Å². The van der Waals surface area contributed by atoms with E-state index in [-0.39, 0.29) is 0 Å². The first kappa shape index (κ1) is 8.74. The molecule has 4 heteroatoms. The predicted molar refractivity (Wildman–Crippen MR) is 58.9 cm³/mol.